The van der Waals surface area contributed by atoms with Gasteiger partial charge in [-0.1, -0.05) is 78.9 Å². The molecule has 0 N–H and O–H groups in total. The maximum atomic E-state index is 12.9. The van der Waals surface area contributed by atoms with Crippen LogP contribution in [0.15, 0.2) is 91.0 Å². The Kier molecular flexibility index (Phi) is 5.83. The molecule has 0 bridgehead atoms. The van der Waals surface area contributed by atoms with Gasteiger partial charge in [-0.25, -0.2) is 0 Å². The molecule has 1 saturated heterocycles. The Hall–Kier alpha value is -2.91. The van der Waals surface area contributed by atoms with Gasteiger partial charge in [0.25, 0.3) is 5.91 Å². The van der Waals surface area contributed by atoms with Crippen LogP contribution in [-0.4, -0.2) is 30.0 Å². The van der Waals surface area contributed by atoms with Crippen LogP contribution in [0, 0.1) is 0 Å². The van der Waals surface area contributed by atoms with Crippen molar-refractivity contribution in [3.8, 4) is 0 Å². The second kappa shape index (κ2) is 8.85. The molecule has 28 heavy (non-hydrogen) atoms. The SMILES string of the molecule is O=C(c1ccccc1)N1CCCC1COC(c1ccccc1)c1ccccc1. The van der Waals surface area contributed by atoms with Crippen LogP contribution in [0.25, 0.3) is 0 Å². The summed E-state index contributed by atoms with van der Waals surface area (Å²) in [5, 5.41) is 0. The van der Waals surface area contributed by atoms with Crippen molar-refractivity contribution in [1.29, 1.82) is 0 Å². The predicted octanol–water partition coefficient (Wildman–Crippen LogP) is 5.10. The highest BCUT2D eigenvalue weighted by Gasteiger charge is 2.30. The number of amides is 1. The molecule has 1 heterocycles. The molecule has 1 aliphatic heterocycles. The van der Waals surface area contributed by atoms with Gasteiger partial charge in [0.05, 0.1) is 12.6 Å². The number of hydrogen-bond acceptors (Lipinski definition) is 2. The van der Waals surface area contributed by atoms with E-state index in [-0.39, 0.29) is 18.1 Å². The van der Waals surface area contributed by atoms with Crippen LogP contribution in [0.3, 0.4) is 0 Å². The number of rotatable bonds is 6. The Morgan fingerprint density at radius 3 is 1.96 bits per heavy atom. The zero-order valence-electron chi connectivity index (χ0n) is 15.9. The van der Waals surface area contributed by atoms with Crippen molar-refractivity contribution in [2.45, 2.75) is 25.0 Å². The highest BCUT2D eigenvalue weighted by Crippen LogP contribution is 2.28. The summed E-state index contributed by atoms with van der Waals surface area (Å²) in [5.41, 5.74) is 3.01. The molecule has 3 aromatic carbocycles. The van der Waals surface area contributed by atoms with Crippen molar-refractivity contribution < 1.29 is 9.53 Å². The second-order valence-corrected chi connectivity index (χ2v) is 7.20. The Balaban J connectivity index is 1.50. The molecule has 0 aliphatic carbocycles. The average Bonchev–Trinajstić information content (AvgIpc) is 3.24. The number of likely N-dealkylation sites (tertiary alicyclic amines) is 1. The molecule has 1 fully saturated rings. The van der Waals surface area contributed by atoms with E-state index < -0.39 is 0 Å². The normalized spacial score (nSPS) is 16.5. The van der Waals surface area contributed by atoms with Crippen molar-refractivity contribution in [3.63, 3.8) is 0 Å². The first kappa shape index (κ1) is 18.5. The van der Waals surface area contributed by atoms with Crippen LogP contribution in [0.1, 0.15) is 40.4 Å². The molecule has 142 valence electrons. The Morgan fingerprint density at radius 2 is 1.39 bits per heavy atom. The van der Waals surface area contributed by atoms with Gasteiger partial charge in [0.1, 0.15) is 6.10 Å². The third-order valence-electron chi connectivity index (χ3n) is 5.32. The van der Waals surface area contributed by atoms with Crippen molar-refractivity contribution in [2.75, 3.05) is 13.2 Å². The highest BCUT2D eigenvalue weighted by molar-refractivity contribution is 5.94. The van der Waals surface area contributed by atoms with E-state index in [1.165, 1.54) is 0 Å². The minimum Gasteiger partial charge on any atom is -0.367 e. The van der Waals surface area contributed by atoms with Gasteiger partial charge in [0.2, 0.25) is 0 Å². The summed E-state index contributed by atoms with van der Waals surface area (Å²) in [6.45, 7) is 1.33. The first-order valence-electron chi connectivity index (χ1n) is 9.90. The third-order valence-corrected chi connectivity index (χ3v) is 5.32. The molecule has 3 aromatic rings. The largest absolute Gasteiger partial charge is 0.367 e. The lowest BCUT2D eigenvalue weighted by atomic mass is 10.0. The third kappa shape index (κ3) is 4.15. The van der Waals surface area contributed by atoms with E-state index in [4.69, 9.17) is 4.74 Å². The van der Waals surface area contributed by atoms with Gasteiger partial charge in [-0.05, 0) is 36.1 Å². The van der Waals surface area contributed by atoms with Gasteiger partial charge in [0, 0.05) is 12.1 Å². The molecule has 3 nitrogen and oxygen atoms in total. The van der Waals surface area contributed by atoms with Crippen molar-refractivity contribution in [3.05, 3.63) is 108 Å². The van der Waals surface area contributed by atoms with Crippen molar-refractivity contribution in [1.82, 2.24) is 4.90 Å². The van der Waals surface area contributed by atoms with Crippen LogP contribution in [0.5, 0.6) is 0 Å². The summed E-state index contributed by atoms with van der Waals surface area (Å²) in [5.74, 6) is 0.0997. The number of carbonyl (C=O) groups is 1. The summed E-state index contributed by atoms with van der Waals surface area (Å²) >= 11 is 0. The van der Waals surface area contributed by atoms with Gasteiger partial charge in [-0.3, -0.25) is 4.79 Å². The lowest BCUT2D eigenvalue weighted by molar-refractivity contribution is 0.0330. The predicted molar refractivity (Wildman–Crippen MR) is 111 cm³/mol. The summed E-state index contributed by atoms with van der Waals surface area (Å²) < 4.78 is 6.42. The number of hydrogen-bond donors (Lipinski definition) is 0. The fraction of sp³-hybridized carbons (Fsp3) is 0.240. The molecule has 1 unspecified atom stereocenters. The standard InChI is InChI=1S/C25H25NO2/c27-25(22-15-8-3-9-16-22)26-18-10-17-23(26)19-28-24(20-11-4-1-5-12-20)21-13-6-2-7-14-21/h1-9,11-16,23-24H,10,17-19H2. The van der Waals surface area contributed by atoms with E-state index in [1.54, 1.807) is 0 Å². The van der Waals surface area contributed by atoms with Gasteiger partial charge >= 0.3 is 0 Å². The van der Waals surface area contributed by atoms with Crippen molar-refractivity contribution in [2.24, 2.45) is 0 Å². The maximum absolute atomic E-state index is 12.9. The molecule has 0 aromatic heterocycles. The zero-order chi connectivity index (χ0) is 19.2. The molecule has 0 radical (unpaired) electrons. The average molecular weight is 371 g/mol. The molecular formula is C25H25NO2. The molecular weight excluding hydrogens is 346 g/mol. The van der Waals surface area contributed by atoms with E-state index in [2.05, 4.69) is 24.3 Å². The molecule has 1 atom stereocenters. The smallest absolute Gasteiger partial charge is 0.254 e. The highest BCUT2D eigenvalue weighted by atomic mass is 16.5. The number of carbonyl (C=O) groups excluding carboxylic acids is 1. The summed E-state index contributed by atoms with van der Waals surface area (Å²) in [4.78, 5) is 14.9. The second-order valence-electron chi connectivity index (χ2n) is 7.20. The fourth-order valence-electron chi connectivity index (χ4n) is 3.87. The molecule has 1 aliphatic rings. The minimum atomic E-state index is -0.128. The molecule has 4 rings (SSSR count). The van der Waals surface area contributed by atoms with Crippen LogP contribution in [0.4, 0.5) is 0 Å². The van der Waals surface area contributed by atoms with Crippen LogP contribution >= 0.6 is 0 Å². The number of nitrogens with zero attached hydrogens (tertiary/aromatic N) is 1. The van der Waals surface area contributed by atoms with E-state index in [9.17, 15) is 4.79 Å². The monoisotopic (exact) mass is 371 g/mol. The lowest BCUT2D eigenvalue weighted by Crippen LogP contribution is -2.38. The van der Waals surface area contributed by atoms with Crippen molar-refractivity contribution >= 4 is 5.91 Å². The van der Waals surface area contributed by atoms with Gasteiger partial charge in [0.15, 0.2) is 0 Å². The van der Waals surface area contributed by atoms with Gasteiger partial charge in [-0.15, -0.1) is 0 Å². The van der Waals surface area contributed by atoms with Gasteiger partial charge in [-0.2, -0.15) is 0 Å². The first-order chi connectivity index (χ1) is 13.8. The maximum Gasteiger partial charge on any atom is 0.254 e. The lowest BCUT2D eigenvalue weighted by Gasteiger charge is -2.27. The Labute approximate surface area is 166 Å². The summed E-state index contributed by atoms with van der Waals surface area (Å²) in [7, 11) is 0. The number of ether oxygens (including phenoxy) is 1. The van der Waals surface area contributed by atoms with E-state index in [1.807, 2.05) is 71.6 Å². The van der Waals surface area contributed by atoms with Crippen LogP contribution in [0.2, 0.25) is 0 Å². The Bertz CT molecular complexity index is 841. The molecule has 0 saturated carbocycles. The van der Waals surface area contributed by atoms with Crippen LogP contribution < -0.4 is 0 Å². The number of benzene rings is 3. The van der Waals surface area contributed by atoms with E-state index in [0.29, 0.717) is 6.61 Å². The molecule has 0 spiro atoms. The molecule has 3 heteroatoms. The quantitative estimate of drug-likeness (QED) is 0.603. The van der Waals surface area contributed by atoms with Gasteiger partial charge < -0.3 is 9.64 Å². The Morgan fingerprint density at radius 1 is 0.857 bits per heavy atom. The van der Waals surface area contributed by atoms with E-state index in [0.717, 1.165) is 36.1 Å². The summed E-state index contributed by atoms with van der Waals surface area (Å²) in [6, 6.07) is 30.2. The fourth-order valence-corrected chi connectivity index (χ4v) is 3.87. The first-order valence-corrected chi connectivity index (χ1v) is 9.90. The topological polar surface area (TPSA) is 29.5 Å². The minimum absolute atomic E-state index is 0.0997. The van der Waals surface area contributed by atoms with E-state index >= 15 is 0 Å². The molecule has 1 amide bonds. The van der Waals surface area contributed by atoms with Crippen LogP contribution in [-0.2, 0) is 4.74 Å². The zero-order valence-corrected chi connectivity index (χ0v) is 15.9. The summed E-state index contributed by atoms with van der Waals surface area (Å²) in [6.07, 6.45) is 1.87.